The maximum absolute atomic E-state index is 3.99. The molecule has 1 fully saturated rings. The van der Waals surface area contributed by atoms with Gasteiger partial charge in [0.1, 0.15) is 0 Å². The smallest absolute Gasteiger partial charge is 0.0178 e. The van der Waals surface area contributed by atoms with Crippen LogP contribution in [0.2, 0.25) is 0 Å². The van der Waals surface area contributed by atoms with Crippen molar-refractivity contribution in [2.45, 2.75) is 87.5 Å². The van der Waals surface area contributed by atoms with Crippen molar-refractivity contribution >= 4 is 5.57 Å². The molecule has 0 aliphatic heterocycles. The molecule has 0 nitrogen and oxygen atoms in total. The van der Waals surface area contributed by atoms with Gasteiger partial charge in [0, 0.05) is 0 Å². The average Bonchev–Trinajstić information content (AvgIpc) is 3.38. The molecular weight excluding hydrogens is 432 g/mol. The van der Waals surface area contributed by atoms with E-state index in [1.807, 2.05) is 13.8 Å². The lowest BCUT2D eigenvalue weighted by molar-refractivity contribution is 0.612. The van der Waals surface area contributed by atoms with E-state index in [1.54, 1.807) is 0 Å². The van der Waals surface area contributed by atoms with E-state index in [4.69, 9.17) is 0 Å². The number of aryl methyl sites for hydroxylation is 1. The Labute approximate surface area is 223 Å². The third-order valence-corrected chi connectivity index (χ3v) is 6.94. The molecule has 194 valence electrons. The van der Waals surface area contributed by atoms with Crippen LogP contribution in [0.5, 0.6) is 0 Å². The first-order valence-corrected chi connectivity index (χ1v) is 13.6. The Morgan fingerprint density at radius 1 is 0.833 bits per heavy atom. The van der Waals surface area contributed by atoms with Crippen LogP contribution in [0.15, 0.2) is 102 Å². The second kappa shape index (κ2) is 16.7. The zero-order chi connectivity index (χ0) is 27.1. The van der Waals surface area contributed by atoms with Crippen molar-refractivity contribution in [1.29, 1.82) is 0 Å². The molecule has 0 N–H and O–H groups in total. The molecule has 0 saturated heterocycles. The Hall–Kier alpha value is -2.86. The summed E-state index contributed by atoms with van der Waals surface area (Å²) in [5.41, 5.74) is 11.2. The van der Waals surface area contributed by atoms with Crippen LogP contribution in [0.4, 0.5) is 0 Å². The van der Waals surface area contributed by atoms with Gasteiger partial charge in [-0.25, -0.2) is 0 Å². The predicted octanol–water partition coefficient (Wildman–Crippen LogP) is 11.6. The summed E-state index contributed by atoms with van der Waals surface area (Å²) in [6, 6.07) is 17.3. The van der Waals surface area contributed by atoms with Crippen molar-refractivity contribution in [3.8, 4) is 11.1 Å². The Morgan fingerprint density at radius 3 is 1.86 bits per heavy atom. The lowest BCUT2D eigenvalue weighted by Gasteiger charge is -2.06. The molecule has 0 heterocycles. The summed E-state index contributed by atoms with van der Waals surface area (Å²) < 4.78 is 0. The van der Waals surface area contributed by atoms with E-state index in [1.165, 1.54) is 64.7 Å². The Bertz CT molecular complexity index is 1050. The van der Waals surface area contributed by atoms with Crippen LogP contribution in [0.3, 0.4) is 0 Å². The maximum Gasteiger partial charge on any atom is -0.0178 e. The Kier molecular flexibility index (Phi) is 14.5. The van der Waals surface area contributed by atoms with Crippen LogP contribution < -0.4 is 0 Å². The molecule has 0 amide bonds. The fourth-order valence-corrected chi connectivity index (χ4v) is 3.98. The molecular formula is C36H50. The number of hydrogen-bond donors (Lipinski definition) is 0. The molecule has 0 atom stereocenters. The second-order valence-corrected chi connectivity index (χ2v) is 10.1. The fourth-order valence-electron chi connectivity index (χ4n) is 3.98. The summed E-state index contributed by atoms with van der Waals surface area (Å²) in [7, 11) is 0. The van der Waals surface area contributed by atoms with Gasteiger partial charge in [-0.05, 0) is 98.9 Å². The SMILES string of the molecule is C=C(C)/C(C)=C/C(=C/C)C(/C)=C\C.C=C(C)c1cccc(-c2ccc(CC)cc2)c1.CC1CCCC1. The minimum Gasteiger partial charge on any atom is -0.0958 e. The van der Waals surface area contributed by atoms with Gasteiger partial charge < -0.3 is 0 Å². The van der Waals surface area contributed by atoms with Crippen molar-refractivity contribution in [2.24, 2.45) is 5.92 Å². The molecule has 1 aliphatic rings. The first-order valence-electron chi connectivity index (χ1n) is 13.6. The topological polar surface area (TPSA) is 0 Å². The largest absolute Gasteiger partial charge is 0.0958 e. The van der Waals surface area contributed by atoms with Crippen LogP contribution in [-0.4, -0.2) is 0 Å². The quantitative estimate of drug-likeness (QED) is 0.359. The normalized spacial score (nSPS) is 14.4. The molecule has 0 bridgehead atoms. The molecule has 1 aliphatic carbocycles. The van der Waals surface area contributed by atoms with E-state index in [-0.39, 0.29) is 0 Å². The summed E-state index contributed by atoms with van der Waals surface area (Å²) in [5, 5.41) is 0. The minimum absolute atomic E-state index is 1.05. The van der Waals surface area contributed by atoms with Crippen molar-refractivity contribution in [3.63, 3.8) is 0 Å². The van der Waals surface area contributed by atoms with E-state index in [0.717, 1.165) is 23.5 Å². The summed E-state index contributed by atoms with van der Waals surface area (Å²) in [4.78, 5) is 0. The highest BCUT2D eigenvalue weighted by Crippen LogP contribution is 2.24. The van der Waals surface area contributed by atoms with Gasteiger partial charge in [0.15, 0.2) is 0 Å². The lowest BCUT2D eigenvalue weighted by atomic mass is 9.99. The van der Waals surface area contributed by atoms with Gasteiger partial charge in [-0.15, -0.1) is 0 Å². The van der Waals surface area contributed by atoms with Gasteiger partial charge in [-0.1, -0.05) is 125 Å². The average molecular weight is 483 g/mol. The monoisotopic (exact) mass is 482 g/mol. The molecule has 0 spiro atoms. The van der Waals surface area contributed by atoms with Crippen LogP contribution in [0.1, 0.15) is 92.2 Å². The second-order valence-electron chi connectivity index (χ2n) is 10.1. The lowest BCUT2D eigenvalue weighted by Crippen LogP contribution is -1.84. The summed E-state index contributed by atoms with van der Waals surface area (Å²) in [6.07, 6.45) is 13.5. The zero-order valence-electron chi connectivity index (χ0n) is 24.4. The molecule has 0 heteroatoms. The molecule has 2 aromatic rings. The van der Waals surface area contributed by atoms with Gasteiger partial charge in [-0.3, -0.25) is 0 Å². The molecule has 3 rings (SSSR count). The van der Waals surface area contributed by atoms with Crippen LogP contribution in [0.25, 0.3) is 16.7 Å². The van der Waals surface area contributed by atoms with E-state index in [9.17, 15) is 0 Å². The Balaban J connectivity index is 0.000000300. The van der Waals surface area contributed by atoms with Gasteiger partial charge >= 0.3 is 0 Å². The van der Waals surface area contributed by atoms with Gasteiger partial charge in [0.25, 0.3) is 0 Å². The third-order valence-electron chi connectivity index (χ3n) is 6.94. The number of benzene rings is 2. The van der Waals surface area contributed by atoms with Crippen LogP contribution >= 0.6 is 0 Å². The van der Waals surface area contributed by atoms with Gasteiger partial charge in [-0.2, -0.15) is 0 Å². The molecule has 0 aromatic heterocycles. The summed E-state index contributed by atoms with van der Waals surface area (Å²) >= 11 is 0. The third kappa shape index (κ3) is 11.3. The molecule has 0 unspecified atom stereocenters. The molecule has 1 saturated carbocycles. The molecule has 36 heavy (non-hydrogen) atoms. The van der Waals surface area contributed by atoms with Crippen LogP contribution in [0, 0.1) is 5.92 Å². The summed E-state index contributed by atoms with van der Waals surface area (Å²) in [6.45, 7) is 24.8. The first-order chi connectivity index (χ1) is 17.1. The minimum atomic E-state index is 1.05. The van der Waals surface area contributed by atoms with E-state index < -0.39 is 0 Å². The fraction of sp³-hybridized carbons (Fsp3) is 0.389. The van der Waals surface area contributed by atoms with E-state index in [2.05, 4.69) is 121 Å². The zero-order valence-corrected chi connectivity index (χ0v) is 24.4. The predicted molar refractivity (Wildman–Crippen MR) is 165 cm³/mol. The molecule has 2 aromatic carbocycles. The van der Waals surface area contributed by atoms with Crippen molar-refractivity contribution in [1.82, 2.24) is 0 Å². The highest BCUT2D eigenvalue weighted by atomic mass is 14.1. The first kappa shape index (κ1) is 31.2. The van der Waals surface area contributed by atoms with Gasteiger partial charge in [0.05, 0.1) is 0 Å². The number of allylic oxidation sites excluding steroid dienone is 8. The van der Waals surface area contributed by atoms with Crippen molar-refractivity contribution in [3.05, 3.63) is 113 Å². The summed E-state index contributed by atoms with van der Waals surface area (Å²) in [5.74, 6) is 1.05. The van der Waals surface area contributed by atoms with Crippen molar-refractivity contribution in [2.75, 3.05) is 0 Å². The van der Waals surface area contributed by atoms with E-state index in [0.29, 0.717) is 0 Å². The maximum atomic E-state index is 3.99. The Morgan fingerprint density at radius 2 is 1.44 bits per heavy atom. The van der Waals surface area contributed by atoms with Gasteiger partial charge in [0.2, 0.25) is 0 Å². The number of hydrogen-bond acceptors (Lipinski definition) is 0. The highest BCUT2D eigenvalue weighted by Gasteiger charge is 2.07. The standard InChI is InChI=1S/C17H18.C13H20.C6H12/c1-4-14-8-10-15(11-9-14)17-7-5-6-16(12-17)13(2)3;1-7-11(5)13(8-2)9-12(6)10(3)4;1-6-4-2-3-5-6/h5-12H,2,4H2,1,3H3;7-9H,3H2,1-2,4-6H3;6H,2-5H2,1H3/b;11-7-,12-9+,13-8-;. The van der Waals surface area contributed by atoms with Crippen LogP contribution in [-0.2, 0) is 6.42 Å². The van der Waals surface area contributed by atoms with E-state index >= 15 is 0 Å². The highest BCUT2D eigenvalue weighted by molar-refractivity contribution is 5.71. The van der Waals surface area contributed by atoms with Crippen molar-refractivity contribution < 1.29 is 0 Å². The molecule has 0 radical (unpaired) electrons. The number of rotatable bonds is 6.